The summed E-state index contributed by atoms with van der Waals surface area (Å²) in [6.45, 7) is 9.01. The van der Waals surface area contributed by atoms with Crippen molar-refractivity contribution in [1.29, 1.82) is 0 Å². The lowest BCUT2D eigenvalue weighted by Gasteiger charge is -2.37. The minimum absolute atomic E-state index is 0.000404. The van der Waals surface area contributed by atoms with Crippen molar-refractivity contribution in [2.45, 2.75) is 45.2 Å². The molecule has 2 aliphatic rings. The van der Waals surface area contributed by atoms with Crippen molar-refractivity contribution in [3.63, 3.8) is 0 Å². The smallest absolute Gasteiger partial charge is 0.317 e. The van der Waals surface area contributed by atoms with Gasteiger partial charge in [0, 0.05) is 26.2 Å². The molecule has 2 fully saturated rings. The average Bonchev–Trinajstić information content (AvgIpc) is 3.21. The monoisotopic (exact) mass is 359 g/mol. The van der Waals surface area contributed by atoms with E-state index in [1.54, 1.807) is 10.9 Å². The normalized spacial score (nSPS) is 21.5. The fourth-order valence-corrected chi connectivity index (χ4v) is 3.78. The van der Waals surface area contributed by atoms with Gasteiger partial charge in [0.15, 0.2) is 5.65 Å². The first-order valence-corrected chi connectivity index (χ1v) is 9.12. The molecule has 2 amide bonds. The highest BCUT2D eigenvalue weighted by Gasteiger charge is 2.32. The molecule has 4 heterocycles. The molecule has 2 N–H and O–H groups in total. The lowest BCUT2D eigenvalue weighted by molar-refractivity contribution is 0.189. The first kappa shape index (κ1) is 16.9. The summed E-state index contributed by atoms with van der Waals surface area (Å²) in [4.78, 5) is 36.1. The van der Waals surface area contributed by atoms with Gasteiger partial charge in [-0.25, -0.2) is 9.48 Å². The number of fused-ring (bicyclic) bond motifs is 1. The SMILES string of the molecule is CC(C)(C)n1ncc2c(=O)[nH]c(N3CCCC(N4CCNC4=O)C3)nc21. The van der Waals surface area contributed by atoms with Gasteiger partial charge in [-0.05, 0) is 33.6 Å². The van der Waals surface area contributed by atoms with Crippen LogP contribution in [0.4, 0.5) is 10.7 Å². The zero-order chi connectivity index (χ0) is 18.5. The number of hydrogen-bond donors (Lipinski definition) is 2. The predicted octanol–water partition coefficient (Wildman–Crippen LogP) is 0.869. The van der Waals surface area contributed by atoms with Gasteiger partial charge in [0.05, 0.1) is 17.8 Å². The largest absolute Gasteiger partial charge is 0.340 e. The van der Waals surface area contributed by atoms with E-state index < -0.39 is 0 Å². The summed E-state index contributed by atoms with van der Waals surface area (Å²) in [5.74, 6) is 0.554. The number of H-pyrrole nitrogens is 1. The van der Waals surface area contributed by atoms with E-state index in [1.807, 2.05) is 25.7 Å². The van der Waals surface area contributed by atoms with Gasteiger partial charge in [0.2, 0.25) is 5.95 Å². The Labute approximate surface area is 151 Å². The van der Waals surface area contributed by atoms with Crippen molar-refractivity contribution in [3.05, 3.63) is 16.6 Å². The number of carbonyl (C=O) groups is 1. The third-order valence-electron chi connectivity index (χ3n) is 5.09. The number of aromatic nitrogens is 4. The average molecular weight is 359 g/mol. The quantitative estimate of drug-likeness (QED) is 0.829. The molecule has 4 rings (SSSR count). The zero-order valence-electron chi connectivity index (χ0n) is 15.4. The molecule has 0 aromatic carbocycles. The highest BCUT2D eigenvalue weighted by atomic mass is 16.2. The molecule has 2 aromatic rings. The summed E-state index contributed by atoms with van der Waals surface area (Å²) in [5, 5.41) is 7.71. The number of hydrogen-bond acceptors (Lipinski definition) is 5. The first-order chi connectivity index (χ1) is 12.3. The molecule has 1 atom stereocenters. The van der Waals surface area contributed by atoms with Crippen LogP contribution < -0.4 is 15.8 Å². The molecule has 0 saturated carbocycles. The Morgan fingerprint density at radius 2 is 2.04 bits per heavy atom. The lowest BCUT2D eigenvalue weighted by Crippen LogP contribution is -2.49. The van der Waals surface area contributed by atoms with Crippen molar-refractivity contribution >= 4 is 23.0 Å². The van der Waals surface area contributed by atoms with Gasteiger partial charge >= 0.3 is 6.03 Å². The Morgan fingerprint density at radius 3 is 2.73 bits per heavy atom. The highest BCUT2D eigenvalue weighted by Crippen LogP contribution is 2.23. The molecule has 1 unspecified atom stereocenters. The van der Waals surface area contributed by atoms with Crippen LogP contribution in [0.25, 0.3) is 11.0 Å². The van der Waals surface area contributed by atoms with Gasteiger partial charge in [-0.3, -0.25) is 9.78 Å². The number of anilines is 1. The number of rotatable bonds is 2. The number of carbonyl (C=O) groups excluding carboxylic acids is 1. The maximum atomic E-state index is 12.5. The Kier molecular flexibility index (Phi) is 3.89. The van der Waals surface area contributed by atoms with Gasteiger partial charge in [-0.15, -0.1) is 0 Å². The second kappa shape index (κ2) is 6.00. The zero-order valence-corrected chi connectivity index (χ0v) is 15.4. The van der Waals surface area contributed by atoms with Crippen molar-refractivity contribution in [2.24, 2.45) is 0 Å². The fourth-order valence-electron chi connectivity index (χ4n) is 3.78. The Balaban J connectivity index is 1.67. The number of aromatic amines is 1. The molecule has 2 aromatic heterocycles. The molecule has 2 saturated heterocycles. The van der Waals surface area contributed by atoms with E-state index in [0.717, 1.165) is 25.9 Å². The predicted molar refractivity (Wildman–Crippen MR) is 98.5 cm³/mol. The molecule has 0 radical (unpaired) electrons. The lowest BCUT2D eigenvalue weighted by atomic mass is 10.0. The summed E-state index contributed by atoms with van der Waals surface area (Å²) < 4.78 is 1.79. The van der Waals surface area contributed by atoms with Crippen LogP contribution in [0.15, 0.2) is 11.0 Å². The molecule has 140 valence electrons. The van der Waals surface area contributed by atoms with Crippen molar-refractivity contribution < 1.29 is 4.79 Å². The maximum Gasteiger partial charge on any atom is 0.317 e. The van der Waals surface area contributed by atoms with Crippen LogP contribution in [0, 0.1) is 0 Å². The Bertz CT molecular complexity index is 895. The maximum absolute atomic E-state index is 12.5. The molecule has 9 nitrogen and oxygen atoms in total. The van der Waals surface area contributed by atoms with E-state index in [9.17, 15) is 9.59 Å². The number of amides is 2. The van der Waals surface area contributed by atoms with Crippen molar-refractivity contribution in [2.75, 3.05) is 31.1 Å². The standard InChI is InChI=1S/C17H25N7O2/c1-17(2,3)24-13-12(9-19-24)14(25)21-15(20-13)22-7-4-5-11(10-22)23-8-6-18-16(23)26/h9,11H,4-8,10H2,1-3H3,(H,18,26)(H,20,21,25). The fraction of sp³-hybridized carbons (Fsp3) is 0.647. The topological polar surface area (TPSA) is 99.1 Å². The van der Waals surface area contributed by atoms with Crippen LogP contribution in [0.2, 0.25) is 0 Å². The van der Waals surface area contributed by atoms with Gasteiger partial charge in [-0.1, -0.05) is 0 Å². The first-order valence-electron chi connectivity index (χ1n) is 9.12. The third kappa shape index (κ3) is 2.81. The van der Waals surface area contributed by atoms with Crippen LogP contribution in [-0.4, -0.2) is 62.9 Å². The van der Waals surface area contributed by atoms with Crippen LogP contribution in [0.3, 0.4) is 0 Å². The molecule has 2 aliphatic heterocycles. The van der Waals surface area contributed by atoms with Gasteiger partial charge in [0.25, 0.3) is 5.56 Å². The van der Waals surface area contributed by atoms with E-state index in [0.29, 0.717) is 30.1 Å². The van der Waals surface area contributed by atoms with E-state index >= 15 is 0 Å². The van der Waals surface area contributed by atoms with Gasteiger partial charge in [-0.2, -0.15) is 10.1 Å². The van der Waals surface area contributed by atoms with Crippen LogP contribution in [0.5, 0.6) is 0 Å². The summed E-state index contributed by atoms with van der Waals surface area (Å²) in [6, 6.07) is 0.138. The molecular formula is C17H25N7O2. The van der Waals surface area contributed by atoms with Crippen LogP contribution >= 0.6 is 0 Å². The van der Waals surface area contributed by atoms with Crippen molar-refractivity contribution in [3.8, 4) is 0 Å². The van der Waals surface area contributed by atoms with Crippen LogP contribution in [-0.2, 0) is 5.54 Å². The third-order valence-corrected chi connectivity index (χ3v) is 5.09. The number of piperidine rings is 1. The molecule has 0 bridgehead atoms. The van der Waals surface area contributed by atoms with Crippen molar-refractivity contribution in [1.82, 2.24) is 30.0 Å². The Hall–Kier alpha value is -2.58. The van der Waals surface area contributed by atoms with E-state index in [2.05, 4.69) is 20.3 Å². The minimum Gasteiger partial charge on any atom is -0.340 e. The van der Waals surface area contributed by atoms with E-state index in [1.165, 1.54) is 0 Å². The summed E-state index contributed by atoms with van der Waals surface area (Å²) in [7, 11) is 0. The van der Waals surface area contributed by atoms with Crippen LogP contribution in [0.1, 0.15) is 33.6 Å². The Morgan fingerprint density at radius 1 is 1.23 bits per heavy atom. The molecule has 9 heteroatoms. The number of nitrogens with zero attached hydrogens (tertiary/aromatic N) is 5. The molecule has 0 aliphatic carbocycles. The molecular weight excluding hydrogens is 334 g/mol. The molecule has 26 heavy (non-hydrogen) atoms. The summed E-state index contributed by atoms with van der Waals surface area (Å²) in [5.41, 5.74) is 0.150. The molecule has 0 spiro atoms. The van der Waals surface area contributed by atoms with E-state index in [-0.39, 0.29) is 23.2 Å². The van der Waals surface area contributed by atoms with E-state index in [4.69, 9.17) is 4.98 Å². The summed E-state index contributed by atoms with van der Waals surface area (Å²) >= 11 is 0. The van der Waals surface area contributed by atoms with Gasteiger partial charge < -0.3 is 15.1 Å². The second-order valence-corrected chi connectivity index (χ2v) is 8.02. The second-order valence-electron chi connectivity index (χ2n) is 8.02. The summed E-state index contributed by atoms with van der Waals surface area (Å²) in [6.07, 6.45) is 3.49. The number of urea groups is 1. The van der Waals surface area contributed by atoms with Gasteiger partial charge in [0.1, 0.15) is 5.39 Å². The highest BCUT2D eigenvalue weighted by molar-refractivity contribution is 5.77. The minimum atomic E-state index is -0.266. The number of nitrogens with one attached hydrogen (secondary N) is 2.